The van der Waals surface area contributed by atoms with E-state index >= 15 is 0 Å². The van der Waals surface area contributed by atoms with Gasteiger partial charge in [0.1, 0.15) is 0 Å². The van der Waals surface area contributed by atoms with E-state index in [1.54, 1.807) is 12.3 Å². The molecule has 0 saturated carbocycles. The molecule has 0 atom stereocenters. The number of nitrogens with zero attached hydrogens (tertiary/aromatic N) is 1. The summed E-state index contributed by atoms with van der Waals surface area (Å²) in [5.41, 5.74) is 0.422. The molecule has 0 saturated heterocycles. The van der Waals surface area contributed by atoms with Gasteiger partial charge in [-0.05, 0) is 41.3 Å². The summed E-state index contributed by atoms with van der Waals surface area (Å²) >= 11 is 1.21. The normalized spacial score (nSPS) is 10.5. The van der Waals surface area contributed by atoms with Gasteiger partial charge in [0.2, 0.25) is 0 Å². The Morgan fingerprint density at radius 3 is 2.54 bits per heavy atom. The molecule has 0 spiro atoms. The van der Waals surface area contributed by atoms with Gasteiger partial charge in [-0.25, -0.2) is 4.79 Å². The van der Waals surface area contributed by atoms with Crippen molar-refractivity contribution in [1.82, 2.24) is 0 Å². The van der Waals surface area contributed by atoms with Crippen LogP contribution >= 0.6 is 11.8 Å². The standard InChI is InChI=1S/C20H16N2O5S/c1-28-18-9-7-15(11-17(18)22(25)26)20(24)27-12-19(23)21-16-8-6-13-4-2-3-5-14(13)10-16/h2-11H,12H2,1H3,(H,21,23). The van der Waals surface area contributed by atoms with Crippen LogP contribution in [0, 0.1) is 10.1 Å². The largest absolute Gasteiger partial charge is 0.452 e. The van der Waals surface area contributed by atoms with Crippen molar-refractivity contribution in [2.24, 2.45) is 0 Å². The van der Waals surface area contributed by atoms with E-state index in [9.17, 15) is 19.7 Å². The van der Waals surface area contributed by atoms with Crippen LogP contribution in [0.15, 0.2) is 65.6 Å². The van der Waals surface area contributed by atoms with Crippen LogP contribution in [-0.2, 0) is 9.53 Å². The number of amides is 1. The van der Waals surface area contributed by atoms with Crippen LogP contribution < -0.4 is 5.32 Å². The predicted octanol–water partition coefficient (Wildman–Crippen LogP) is 4.27. The summed E-state index contributed by atoms with van der Waals surface area (Å²) in [6, 6.07) is 17.2. The van der Waals surface area contributed by atoms with Crippen LogP contribution in [0.5, 0.6) is 0 Å². The number of carbonyl (C=O) groups is 2. The van der Waals surface area contributed by atoms with Crippen molar-refractivity contribution in [3.8, 4) is 0 Å². The van der Waals surface area contributed by atoms with Crippen molar-refractivity contribution >= 4 is 45.8 Å². The van der Waals surface area contributed by atoms with E-state index in [2.05, 4.69) is 5.32 Å². The lowest BCUT2D eigenvalue weighted by Crippen LogP contribution is -2.21. The smallest absolute Gasteiger partial charge is 0.338 e. The molecule has 1 amide bonds. The molecular formula is C20H16N2O5S. The summed E-state index contributed by atoms with van der Waals surface area (Å²) in [4.78, 5) is 35.2. The Balaban J connectivity index is 1.63. The van der Waals surface area contributed by atoms with Crippen LogP contribution in [0.1, 0.15) is 10.4 Å². The van der Waals surface area contributed by atoms with Crippen molar-refractivity contribution in [2.75, 3.05) is 18.2 Å². The molecule has 3 aromatic carbocycles. The van der Waals surface area contributed by atoms with E-state index in [-0.39, 0.29) is 11.3 Å². The van der Waals surface area contributed by atoms with Crippen molar-refractivity contribution in [2.45, 2.75) is 4.90 Å². The Bertz CT molecular complexity index is 1070. The van der Waals surface area contributed by atoms with E-state index in [4.69, 9.17) is 4.74 Å². The maximum absolute atomic E-state index is 12.1. The number of benzene rings is 3. The average Bonchev–Trinajstić information content (AvgIpc) is 2.71. The van der Waals surface area contributed by atoms with Crippen LogP contribution in [0.3, 0.4) is 0 Å². The third kappa shape index (κ3) is 4.47. The quantitative estimate of drug-likeness (QED) is 0.289. The summed E-state index contributed by atoms with van der Waals surface area (Å²) < 4.78 is 4.98. The predicted molar refractivity (Wildman–Crippen MR) is 108 cm³/mol. The van der Waals surface area contributed by atoms with E-state index in [0.717, 1.165) is 16.8 Å². The third-order valence-electron chi connectivity index (χ3n) is 3.98. The van der Waals surface area contributed by atoms with Gasteiger partial charge in [-0.3, -0.25) is 14.9 Å². The fourth-order valence-corrected chi connectivity index (χ4v) is 3.18. The molecule has 0 aromatic heterocycles. The van der Waals surface area contributed by atoms with E-state index < -0.39 is 23.4 Å². The highest BCUT2D eigenvalue weighted by atomic mass is 32.2. The first-order valence-electron chi connectivity index (χ1n) is 8.26. The van der Waals surface area contributed by atoms with Gasteiger partial charge in [0.25, 0.3) is 11.6 Å². The van der Waals surface area contributed by atoms with Crippen molar-refractivity contribution in [1.29, 1.82) is 0 Å². The number of esters is 1. The second-order valence-electron chi connectivity index (χ2n) is 5.83. The molecule has 0 aliphatic carbocycles. The second kappa shape index (κ2) is 8.53. The zero-order chi connectivity index (χ0) is 20.1. The number of carbonyl (C=O) groups excluding carboxylic acids is 2. The molecule has 3 rings (SSSR count). The highest BCUT2D eigenvalue weighted by Crippen LogP contribution is 2.28. The van der Waals surface area contributed by atoms with Gasteiger partial charge in [-0.1, -0.05) is 30.3 Å². The first-order chi connectivity index (χ1) is 13.5. The highest BCUT2D eigenvalue weighted by Gasteiger charge is 2.18. The fraction of sp³-hybridized carbons (Fsp3) is 0.100. The molecule has 0 radical (unpaired) electrons. The maximum Gasteiger partial charge on any atom is 0.338 e. The Morgan fingerprint density at radius 1 is 1.07 bits per heavy atom. The number of anilines is 1. The topological polar surface area (TPSA) is 98.5 Å². The number of nitrogens with one attached hydrogen (secondary N) is 1. The first-order valence-corrected chi connectivity index (χ1v) is 9.48. The Kier molecular flexibility index (Phi) is 5.90. The van der Waals surface area contributed by atoms with E-state index in [1.807, 2.05) is 36.4 Å². The van der Waals surface area contributed by atoms with Crippen molar-refractivity contribution < 1.29 is 19.2 Å². The molecule has 0 bridgehead atoms. The number of nitro groups is 1. The Labute approximate surface area is 164 Å². The summed E-state index contributed by atoms with van der Waals surface area (Å²) in [6.45, 7) is -0.496. The highest BCUT2D eigenvalue weighted by molar-refractivity contribution is 7.98. The second-order valence-corrected chi connectivity index (χ2v) is 6.68. The molecule has 0 aliphatic rings. The minimum absolute atomic E-state index is 0.0167. The van der Waals surface area contributed by atoms with Gasteiger partial charge in [-0.2, -0.15) is 0 Å². The van der Waals surface area contributed by atoms with Gasteiger partial charge < -0.3 is 10.1 Å². The van der Waals surface area contributed by atoms with Crippen LogP contribution in [0.25, 0.3) is 10.8 Å². The lowest BCUT2D eigenvalue weighted by molar-refractivity contribution is -0.387. The molecule has 0 fully saturated rings. The van der Waals surface area contributed by atoms with Crippen LogP contribution in [0.2, 0.25) is 0 Å². The van der Waals surface area contributed by atoms with Gasteiger partial charge >= 0.3 is 5.97 Å². The Morgan fingerprint density at radius 2 is 1.82 bits per heavy atom. The van der Waals surface area contributed by atoms with Crippen LogP contribution in [0.4, 0.5) is 11.4 Å². The molecule has 3 aromatic rings. The van der Waals surface area contributed by atoms with Crippen molar-refractivity contribution in [3.63, 3.8) is 0 Å². The van der Waals surface area contributed by atoms with Gasteiger partial charge in [0.15, 0.2) is 6.61 Å². The monoisotopic (exact) mass is 396 g/mol. The molecule has 0 aliphatic heterocycles. The zero-order valence-corrected chi connectivity index (χ0v) is 15.7. The molecule has 0 unspecified atom stereocenters. The SMILES string of the molecule is CSc1ccc(C(=O)OCC(=O)Nc2ccc3ccccc3c2)cc1[N+](=O)[O-]. The zero-order valence-electron chi connectivity index (χ0n) is 14.9. The molecule has 142 valence electrons. The number of ether oxygens (including phenoxy) is 1. The van der Waals surface area contributed by atoms with Gasteiger partial charge in [0, 0.05) is 11.8 Å². The van der Waals surface area contributed by atoms with Crippen molar-refractivity contribution in [3.05, 3.63) is 76.3 Å². The molecule has 7 nitrogen and oxygen atoms in total. The summed E-state index contributed by atoms with van der Waals surface area (Å²) in [5, 5.41) is 15.8. The minimum Gasteiger partial charge on any atom is -0.452 e. The molecule has 28 heavy (non-hydrogen) atoms. The third-order valence-corrected chi connectivity index (χ3v) is 4.76. The lowest BCUT2D eigenvalue weighted by atomic mass is 10.1. The fourth-order valence-electron chi connectivity index (χ4n) is 2.64. The summed E-state index contributed by atoms with van der Waals surface area (Å²) in [7, 11) is 0. The number of hydrogen-bond donors (Lipinski definition) is 1. The van der Waals surface area contributed by atoms with Crippen LogP contribution in [-0.4, -0.2) is 29.7 Å². The number of thioether (sulfide) groups is 1. The van der Waals surface area contributed by atoms with Gasteiger partial charge in [-0.15, -0.1) is 11.8 Å². The minimum atomic E-state index is -0.801. The summed E-state index contributed by atoms with van der Waals surface area (Å²) in [5.74, 6) is -1.30. The Hall–Kier alpha value is -3.39. The average molecular weight is 396 g/mol. The number of nitro benzene ring substituents is 1. The van der Waals surface area contributed by atoms with E-state index in [1.165, 1.54) is 23.9 Å². The van der Waals surface area contributed by atoms with E-state index in [0.29, 0.717) is 10.6 Å². The summed E-state index contributed by atoms with van der Waals surface area (Å²) in [6.07, 6.45) is 1.71. The first kappa shape index (κ1) is 19.4. The molecule has 1 N–H and O–H groups in total. The van der Waals surface area contributed by atoms with Gasteiger partial charge in [0.05, 0.1) is 15.4 Å². The molecule has 8 heteroatoms. The molecular weight excluding hydrogens is 380 g/mol. The number of fused-ring (bicyclic) bond motifs is 1. The number of rotatable bonds is 6. The molecule has 0 heterocycles. The number of hydrogen-bond acceptors (Lipinski definition) is 6. The maximum atomic E-state index is 12.1. The lowest BCUT2D eigenvalue weighted by Gasteiger charge is -2.08.